The van der Waals surface area contributed by atoms with Gasteiger partial charge in [-0.25, -0.2) is 0 Å². The summed E-state index contributed by atoms with van der Waals surface area (Å²) in [7, 11) is 0. The molecule has 0 aliphatic heterocycles. The molecule has 0 radical (unpaired) electrons. The van der Waals surface area contributed by atoms with Crippen molar-refractivity contribution in [2.24, 2.45) is 0 Å². The van der Waals surface area contributed by atoms with Crippen LogP contribution in [0.4, 0.5) is 5.82 Å². The van der Waals surface area contributed by atoms with Gasteiger partial charge in [0.05, 0.1) is 7.14 Å². The van der Waals surface area contributed by atoms with Gasteiger partial charge in [-0.15, -0.1) is 0 Å². The minimum atomic E-state index is -0.126. The zero-order valence-corrected chi connectivity index (χ0v) is 9.13. The topological polar surface area (TPSA) is 58.9 Å². The van der Waals surface area contributed by atoms with Crippen molar-refractivity contribution in [3.63, 3.8) is 0 Å². The second-order valence-electron chi connectivity index (χ2n) is 1.71. The van der Waals surface area contributed by atoms with Crippen LogP contribution in [0.2, 0.25) is 0 Å². The van der Waals surface area contributed by atoms with E-state index in [1.165, 1.54) is 0 Å². The Kier molecular flexibility index (Phi) is 2.55. The molecule has 1 heterocycles. The Morgan fingerprint density at radius 2 is 2.00 bits per heavy atom. The first-order chi connectivity index (χ1) is 4.61. The summed E-state index contributed by atoms with van der Waals surface area (Å²) in [5.74, 6) is 0.436. The van der Waals surface area contributed by atoms with Crippen LogP contribution in [0.15, 0.2) is 10.9 Å². The maximum atomic E-state index is 10.8. The van der Waals surface area contributed by atoms with E-state index in [1.54, 1.807) is 6.07 Å². The molecule has 1 rings (SSSR count). The summed E-state index contributed by atoms with van der Waals surface area (Å²) in [6.07, 6.45) is 0. The van der Waals surface area contributed by atoms with Crippen molar-refractivity contribution in [3.8, 4) is 0 Å². The van der Waals surface area contributed by atoms with Crippen molar-refractivity contribution < 1.29 is 0 Å². The maximum absolute atomic E-state index is 10.8. The second kappa shape index (κ2) is 3.07. The number of rotatable bonds is 0. The summed E-state index contributed by atoms with van der Waals surface area (Å²) >= 11 is 4.03. The fraction of sp³-hybridized carbons (Fsp3) is 0. The Balaban J connectivity index is 3.43. The summed E-state index contributed by atoms with van der Waals surface area (Å²) in [4.78, 5) is 13.4. The van der Waals surface area contributed by atoms with E-state index >= 15 is 0 Å². The number of nitrogen functional groups attached to an aromatic ring is 1. The number of hydrogen-bond donors (Lipinski definition) is 2. The molecule has 3 nitrogen and oxygen atoms in total. The van der Waals surface area contributed by atoms with E-state index in [4.69, 9.17) is 5.73 Å². The Morgan fingerprint density at radius 1 is 1.40 bits per heavy atom. The molecule has 5 heteroatoms. The number of pyridine rings is 1. The van der Waals surface area contributed by atoms with Crippen molar-refractivity contribution in [3.05, 3.63) is 23.6 Å². The van der Waals surface area contributed by atoms with Crippen molar-refractivity contribution in [2.45, 2.75) is 0 Å². The molecule has 54 valence electrons. The van der Waals surface area contributed by atoms with Crippen LogP contribution in [0.5, 0.6) is 0 Å². The van der Waals surface area contributed by atoms with Crippen LogP contribution in [0, 0.1) is 7.14 Å². The third-order valence-corrected chi connectivity index (χ3v) is 2.67. The van der Waals surface area contributed by atoms with E-state index in [-0.39, 0.29) is 5.56 Å². The predicted molar refractivity (Wildman–Crippen MR) is 56.9 cm³/mol. The standard InChI is InChI=1S/C5H4I2N2O/c6-2-1-3(7)5(10)9-4(2)8/h1H,(H3,8,9,10). The molecular weight excluding hydrogens is 358 g/mol. The summed E-state index contributed by atoms with van der Waals surface area (Å²) in [6.45, 7) is 0. The lowest BCUT2D eigenvalue weighted by molar-refractivity contribution is 1.21. The van der Waals surface area contributed by atoms with Crippen molar-refractivity contribution in [1.82, 2.24) is 4.98 Å². The van der Waals surface area contributed by atoms with Crippen LogP contribution < -0.4 is 11.3 Å². The van der Waals surface area contributed by atoms with Gasteiger partial charge in [0.1, 0.15) is 5.82 Å². The minimum absolute atomic E-state index is 0.126. The molecule has 0 fully saturated rings. The first kappa shape index (κ1) is 8.31. The quantitative estimate of drug-likeness (QED) is 0.681. The molecule has 0 aromatic carbocycles. The van der Waals surface area contributed by atoms with Crippen LogP contribution in [-0.4, -0.2) is 4.98 Å². The van der Waals surface area contributed by atoms with Gasteiger partial charge in [0.25, 0.3) is 5.56 Å². The van der Waals surface area contributed by atoms with Crippen LogP contribution in [-0.2, 0) is 0 Å². The minimum Gasteiger partial charge on any atom is -0.384 e. The van der Waals surface area contributed by atoms with Gasteiger partial charge in [-0.05, 0) is 51.2 Å². The Labute approximate surface area is 84.7 Å². The molecular formula is C5H4I2N2O. The van der Waals surface area contributed by atoms with Crippen molar-refractivity contribution in [2.75, 3.05) is 5.73 Å². The summed E-state index contributed by atoms with van der Waals surface area (Å²) < 4.78 is 1.54. The second-order valence-corrected chi connectivity index (χ2v) is 4.03. The number of anilines is 1. The lowest BCUT2D eigenvalue weighted by Gasteiger charge is -1.96. The van der Waals surface area contributed by atoms with Gasteiger partial charge in [0, 0.05) is 0 Å². The zero-order chi connectivity index (χ0) is 7.72. The maximum Gasteiger partial charge on any atom is 0.262 e. The molecule has 0 saturated carbocycles. The molecule has 0 bridgehead atoms. The summed E-state index contributed by atoms with van der Waals surface area (Å²) in [6, 6.07) is 1.75. The largest absolute Gasteiger partial charge is 0.384 e. The van der Waals surface area contributed by atoms with Gasteiger partial charge in [-0.2, -0.15) is 0 Å². The Morgan fingerprint density at radius 3 is 2.50 bits per heavy atom. The van der Waals surface area contributed by atoms with E-state index in [1.807, 2.05) is 22.6 Å². The molecule has 0 aliphatic carbocycles. The number of H-pyrrole nitrogens is 1. The SMILES string of the molecule is Nc1[nH]c(=O)c(I)cc1I. The van der Waals surface area contributed by atoms with E-state index < -0.39 is 0 Å². The zero-order valence-electron chi connectivity index (χ0n) is 4.82. The normalized spacial score (nSPS) is 9.80. The van der Waals surface area contributed by atoms with Gasteiger partial charge in [0.15, 0.2) is 0 Å². The Hall–Kier alpha value is 0.210. The highest BCUT2D eigenvalue weighted by Gasteiger charge is 1.99. The van der Waals surface area contributed by atoms with Crippen LogP contribution in [0.3, 0.4) is 0 Å². The highest BCUT2D eigenvalue weighted by atomic mass is 127. The molecule has 0 spiro atoms. The number of halogens is 2. The first-order valence-corrected chi connectivity index (χ1v) is 4.61. The number of nitrogens with one attached hydrogen (secondary N) is 1. The molecule has 0 saturated heterocycles. The van der Waals surface area contributed by atoms with Crippen molar-refractivity contribution >= 4 is 51.0 Å². The van der Waals surface area contributed by atoms with Crippen LogP contribution in [0.1, 0.15) is 0 Å². The van der Waals surface area contributed by atoms with Gasteiger partial charge >= 0.3 is 0 Å². The lowest BCUT2D eigenvalue weighted by atomic mass is 10.5. The van der Waals surface area contributed by atoms with Gasteiger partial charge in [-0.1, -0.05) is 0 Å². The molecule has 0 atom stereocenters. The van der Waals surface area contributed by atoms with E-state index in [9.17, 15) is 4.79 Å². The monoisotopic (exact) mass is 362 g/mol. The van der Waals surface area contributed by atoms with Gasteiger partial charge in [0.2, 0.25) is 0 Å². The number of aromatic amines is 1. The summed E-state index contributed by atoms with van der Waals surface area (Å²) in [5.41, 5.74) is 5.30. The highest BCUT2D eigenvalue weighted by molar-refractivity contribution is 14.1. The fourth-order valence-corrected chi connectivity index (χ4v) is 1.98. The third kappa shape index (κ3) is 1.62. The van der Waals surface area contributed by atoms with Crippen LogP contribution >= 0.6 is 45.2 Å². The molecule has 1 aromatic rings. The van der Waals surface area contributed by atoms with E-state index in [0.717, 1.165) is 3.57 Å². The molecule has 0 amide bonds. The van der Waals surface area contributed by atoms with Gasteiger partial charge < -0.3 is 10.7 Å². The highest BCUT2D eigenvalue weighted by Crippen LogP contribution is 2.10. The Bertz CT molecular complexity index is 307. The van der Waals surface area contributed by atoms with E-state index in [2.05, 4.69) is 27.6 Å². The fourth-order valence-electron chi connectivity index (χ4n) is 0.496. The van der Waals surface area contributed by atoms with E-state index in [0.29, 0.717) is 9.39 Å². The van der Waals surface area contributed by atoms with Crippen molar-refractivity contribution in [1.29, 1.82) is 0 Å². The molecule has 0 unspecified atom stereocenters. The summed E-state index contributed by atoms with van der Waals surface area (Å²) in [5, 5.41) is 0. The molecule has 1 aromatic heterocycles. The predicted octanol–water partition coefficient (Wildman–Crippen LogP) is 1.17. The molecule has 0 aliphatic rings. The average Bonchev–Trinajstić information content (AvgIpc) is 1.84. The smallest absolute Gasteiger partial charge is 0.262 e. The third-order valence-electron chi connectivity index (χ3n) is 0.976. The average molecular weight is 362 g/mol. The molecule has 3 N–H and O–H groups in total. The van der Waals surface area contributed by atoms with Crippen LogP contribution in [0.25, 0.3) is 0 Å². The number of hydrogen-bond acceptors (Lipinski definition) is 2. The number of nitrogens with two attached hydrogens (primary N) is 1. The first-order valence-electron chi connectivity index (χ1n) is 2.45. The number of aromatic nitrogens is 1. The van der Waals surface area contributed by atoms with Gasteiger partial charge in [-0.3, -0.25) is 4.79 Å². The lowest BCUT2D eigenvalue weighted by Crippen LogP contribution is -2.12. The molecule has 10 heavy (non-hydrogen) atoms.